The van der Waals surface area contributed by atoms with E-state index in [9.17, 15) is 9.90 Å². The number of ether oxygens (including phenoxy) is 1. The first kappa shape index (κ1) is 12.0. The molecule has 0 spiro atoms. The van der Waals surface area contributed by atoms with Crippen LogP contribution < -0.4 is 4.74 Å². The van der Waals surface area contributed by atoms with Crippen molar-refractivity contribution in [3.8, 4) is 11.5 Å². The van der Waals surface area contributed by atoms with Crippen molar-refractivity contribution < 1.29 is 14.6 Å². The van der Waals surface area contributed by atoms with Crippen LogP contribution in [0.1, 0.15) is 37.7 Å². The summed E-state index contributed by atoms with van der Waals surface area (Å²) in [6.45, 7) is 1.86. The predicted octanol–water partition coefficient (Wildman–Crippen LogP) is 3.19. The van der Waals surface area contributed by atoms with E-state index in [0.717, 1.165) is 31.2 Å². The van der Waals surface area contributed by atoms with E-state index in [4.69, 9.17) is 4.74 Å². The van der Waals surface area contributed by atoms with Gasteiger partial charge in [-0.1, -0.05) is 19.3 Å². The minimum absolute atomic E-state index is 0.0337. The van der Waals surface area contributed by atoms with Crippen LogP contribution in [0.4, 0.5) is 0 Å². The van der Waals surface area contributed by atoms with Crippen LogP contribution >= 0.6 is 0 Å². The number of carbonyl (C=O) groups excluding carboxylic acids is 1. The Kier molecular flexibility index (Phi) is 3.67. The van der Waals surface area contributed by atoms with Gasteiger partial charge in [0.15, 0.2) is 0 Å². The van der Waals surface area contributed by atoms with Crippen molar-refractivity contribution in [2.24, 2.45) is 5.92 Å². The fourth-order valence-corrected chi connectivity index (χ4v) is 2.33. The normalized spacial score (nSPS) is 16.8. The summed E-state index contributed by atoms with van der Waals surface area (Å²) in [5.74, 6) is 0.454. The van der Waals surface area contributed by atoms with Crippen LogP contribution in [-0.4, -0.2) is 11.1 Å². The Labute approximate surface area is 101 Å². The number of benzene rings is 1. The van der Waals surface area contributed by atoms with Crippen molar-refractivity contribution in [1.82, 2.24) is 0 Å². The van der Waals surface area contributed by atoms with Crippen molar-refractivity contribution >= 4 is 5.97 Å². The van der Waals surface area contributed by atoms with Gasteiger partial charge in [0.1, 0.15) is 11.5 Å². The van der Waals surface area contributed by atoms with Gasteiger partial charge in [-0.05, 0) is 37.5 Å². The quantitative estimate of drug-likeness (QED) is 0.631. The third kappa shape index (κ3) is 3.22. The molecule has 2 rings (SSSR count). The molecule has 1 fully saturated rings. The number of aryl methyl sites for hydroxylation is 1. The highest BCUT2D eigenvalue weighted by Crippen LogP contribution is 2.27. The van der Waals surface area contributed by atoms with Crippen LogP contribution in [-0.2, 0) is 4.79 Å². The van der Waals surface area contributed by atoms with Gasteiger partial charge in [-0.2, -0.15) is 0 Å². The number of phenolic OH excluding ortho intramolecular Hbond substituents is 1. The molecule has 92 valence electrons. The van der Waals surface area contributed by atoms with E-state index in [1.807, 2.05) is 6.92 Å². The van der Waals surface area contributed by atoms with E-state index in [1.165, 1.54) is 12.5 Å². The average Bonchev–Trinajstić information content (AvgIpc) is 2.28. The Balaban J connectivity index is 2.01. The number of aromatic hydroxyl groups is 1. The van der Waals surface area contributed by atoms with Crippen molar-refractivity contribution in [1.29, 1.82) is 0 Å². The summed E-state index contributed by atoms with van der Waals surface area (Å²) in [6, 6.07) is 4.88. The minimum Gasteiger partial charge on any atom is -0.508 e. The molecule has 1 aliphatic carbocycles. The molecule has 0 radical (unpaired) electrons. The molecule has 1 aromatic carbocycles. The smallest absolute Gasteiger partial charge is 0.314 e. The molecular weight excluding hydrogens is 216 g/mol. The molecule has 0 aromatic heterocycles. The fraction of sp³-hybridized carbons (Fsp3) is 0.500. The minimum atomic E-state index is -0.158. The topological polar surface area (TPSA) is 46.5 Å². The Bertz CT molecular complexity index is 386. The zero-order chi connectivity index (χ0) is 12.3. The molecule has 0 unspecified atom stereocenters. The van der Waals surface area contributed by atoms with E-state index in [-0.39, 0.29) is 17.6 Å². The summed E-state index contributed by atoms with van der Waals surface area (Å²) in [5, 5.41) is 9.43. The number of rotatable bonds is 2. The molecule has 0 heterocycles. The lowest BCUT2D eigenvalue weighted by molar-refractivity contribution is -0.139. The van der Waals surface area contributed by atoms with Gasteiger partial charge in [-0.15, -0.1) is 0 Å². The van der Waals surface area contributed by atoms with E-state index in [0.29, 0.717) is 5.75 Å². The second-order valence-corrected chi connectivity index (χ2v) is 4.76. The van der Waals surface area contributed by atoms with Crippen molar-refractivity contribution in [3.05, 3.63) is 23.8 Å². The van der Waals surface area contributed by atoms with Crippen LogP contribution in [0.25, 0.3) is 0 Å². The molecule has 0 amide bonds. The van der Waals surface area contributed by atoms with E-state index in [2.05, 4.69) is 0 Å². The van der Waals surface area contributed by atoms with E-state index >= 15 is 0 Å². The monoisotopic (exact) mass is 234 g/mol. The van der Waals surface area contributed by atoms with E-state index in [1.54, 1.807) is 12.1 Å². The zero-order valence-corrected chi connectivity index (χ0v) is 10.1. The lowest BCUT2D eigenvalue weighted by atomic mass is 9.89. The summed E-state index contributed by atoms with van der Waals surface area (Å²) in [5.41, 5.74) is 0.886. The summed E-state index contributed by atoms with van der Waals surface area (Å²) in [4.78, 5) is 11.9. The SMILES string of the molecule is Cc1cc(O)cc(OC(=O)C2CCCCC2)c1. The van der Waals surface area contributed by atoms with Gasteiger partial charge in [0, 0.05) is 6.07 Å². The second kappa shape index (κ2) is 5.21. The molecule has 0 saturated heterocycles. The van der Waals surface area contributed by atoms with Crippen LogP contribution in [0, 0.1) is 12.8 Å². The molecule has 1 saturated carbocycles. The summed E-state index contributed by atoms with van der Waals surface area (Å²) in [7, 11) is 0. The van der Waals surface area contributed by atoms with Crippen LogP contribution in [0.2, 0.25) is 0 Å². The maximum atomic E-state index is 11.9. The first-order chi connectivity index (χ1) is 8.15. The van der Waals surface area contributed by atoms with Crippen molar-refractivity contribution in [3.63, 3.8) is 0 Å². The molecule has 17 heavy (non-hydrogen) atoms. The maximum Gasteiger partial charge on any atom is 0.314 e. The predicted molar refractivity (Wildman–Crippen MR) is 65.1 cm³/mol. The number of hydrogen-bond acceptors (Lipinski definition) is 3. The fourth-order valence-electron chi connectivity index (χ4n) is 2.33. The van der Waals surface area contributed by atoms with Gasteiger partial charge >= 0.3 is 5.97 Å². The summed E-state index contributed by atoms with van der Waals surface area (Å²) in [6.07, 6.45) is 5.29. The van der Waals surface area contributed by atoms with Crippen LogP contribution in [0.3, 0.4) is 0 Å². The van der Waals surface area contributed by atoms with Gasteiger partial charge in [-0.3, -0.25) is 4.79 Å². The average molecular weight is 234 g/mol. The highest BCUT2D eigenvalue weighted by molar-refractivity contribution is 5.75. The first-order valence-corrected chi connectivity index (χ1v) is 6.17. The first-order valence-electron chi connectivity index (χ1n) is 6.17. The number of phenols is 1. The Morgan fingerprint density at radius 1 is 1.24 bits per heavy atom. The lowest BCUT2D eigenvalue weighted by Gasteiger charge is -2.19. The zero-order valence-electron chi connectivity index (χ0n) is 10.1. The molecule has 1 aromatic rings. The highest BCUT2D eigenvalue weighted by Gasteiger charge is 2.23. The van der Waals surface area contributed by atoms with Crippen molar-refractivity contribution in [2.45, 2.75) is 39.0 Å². The van der Waals surface area contributed by atoms with Gasteiger partial charge in [0.05, 0.1) is 5.92 Å². The molecule has 0 atom stereocenters. The maximum absolute atomic E-state index is 11.9. The standard InChI is InChI=1S/C14H18O3/c1-10-7-12(15)9-13(8-10)17-14(16)11-5-3-2-4-6-11/h7-9,11,15H,2-6H2,1H3. The summed E-state index contributed by atoms with van der Waals surface area (Å²) < 4.78 is 5.32. The second-order valence-electron chi connectivity index (χ2n) is 4.76. The summed E-state index contributed by atoms with van der Waals surface area (Å²) >= 11 is 0. The van der Waals surface area contributed by atoms with Gasteiger partial charge < -0.3 is 9.84 Å². The molecular formula is C14H18O3. The Morgan fingerprint density at radius 2 is 1.94 bits per heavy atom. The van der Waals surface area contributed by atoms with Crippen LogP contribution in [0.15, 0.2) is 18.2 Å². The van der Waals surface area contributed by atoms with E-state index < -0.39 is 0 Å². The van der Waals surface area contributed by atoms with Crippen molar-refractivity contribution in [2.75, 3.05) is 0 Å². The molecule has 1 N–H and O–H groups in total. The Hall–Kier alpha value is -1.51. The molecule has 1 aliphatic rings. The highest BCUT2D eigenvalue weighted by atomic mass is 16.5. The lowest BCUT2D eigenvalue weighted by Crippen LogP contribution is -2.22. The van der Waals surface area contributed by atoms with Gasteiger partial charge in [0.25, 0.3) is 0 Å². The van der Waals surface area contributed by atoms with Gasteiger partial charge in [-0.25, -0.2) is 0 Å². The number of carbonyl (C=O) groups is 1. The molecule has 0 aliphatic heterocycles. The third-order valence-electron chi connectivity index (χ3n) is 3.19. The number of esters is 1. The Morgan fingerprint density at radius 3 is 2.59 bits per heavy atom. The molecule has 0 bridgehead atoms. The molecule has 3 heteroatoms. The molecule has 3 nitrogen and oxygen atoms in total. The van der Waals surface area contributed by atoms with Gasteiger partial charge in [0.2, 0.25) is 0 Å². The van der Waals surface area contributed by atoms with Crippen LogP contribution in [0.5, 0.6) is 11.5 Å². The largest absolute Gasteiger partial charge is 0.508 e. The third-order valence-corrected chi connectivity index (χ3v) is 3.19. The number of hydrogen-bond donors (Lipinski definition) is 1.